The third kappa shape index (κ3) is 8.58. The van der Waals surface area contributed by atoms with Crippen molar-refractivity contribution in [1.29, 1.82) is 0 Å². The van der Waals surface area contributed by atoms with Gasteiger partial charge in [0.25, 0.3) is 11.7 Å². The van der Waals surface area contributed by atoms with Gasteiger partial charge in [0.15, 0.2) is 0 Å². The molecule has 0 spiro atoms. The Hall–Kier alpha value is -2.88. The van der Waals surface area contributed by atoms with E-state index in [4.69, 9.17) is 0 Å². The van der Waals surface area contributed by atoms with Crippen LogP contribution in [0.3, 0.4) is 0 Å². The maximum absolute atomic E-state index is 13.1. The van der Waals surface area contributed by atoms with E-state index in [2.05, 4.69) is 6.92 Å². The number of nitrogens with zero attached hydrogens (tertiary/aromatic N) is 1. The van der Waals surface area contributed by atoms with Crippen LogP contribution in [0.15, 0.2) is 60.2 Å². The van der Waals surface area contributed by atoms with E-state index >= 15 is 0 Å². The average Bonchev–Trinajstić information content (AvgIpc) is 3.18. The molecule has 1 amide bonds. The molecule has 1 heterocycles. The van der Waals surface area contributed by atoms with Crippen LogP contribution in [-0.4, -0.2) is 28.2 Å². The van der Waals surface area contributed by atoms with Crippen LogP contribution in [0.5, 0.6) is 0 Å². The van der Waals surface area contributed by atoms with Gasteiger partial charge in [0.05, 0.1) is 11.6 Å². The van der Waals surface area contributed by atoms with Crippen LogP contribution in [0, 0.1) is 6.92 Å². The second-order valence-electron chi connectivity index (χ2n) is 10.9. The first-order chi connectivity index (χ1) is 18.5. The summed E-state index contributed by atoms with van der Waals surface area (Å²) in [7, 11) is 0. The van der Waals surface area contributed by atoms with Gasteiger partial charge < -0.3 is 10.0 Å². The van der Waals surface area contributed by atoms with Crippen molar-refractivity contribution in [1.82, 2.24) is 4.90 Å². The number of rotatable bonds is 17. The molecule has 0 aromatic heterocycles. The van der Waals surface area contributed by atoms with E-state index in [0.29, 0.717) is 12.1 Å². The quantitative estimate of drug-likeness (QED) is 0.0986. The lowest BCUT2D eigenvalue weighted by molar-refractivity contribution is -0.139. The topological polar surface area (TPSA) is 57.6 Å². The van der Waals surface area contributed by atoms with E-state index in [-0.39, 0.29) is 11.3 Å². The molecule has 1 saturated heterocycles. The maximum atomic E-state index is 13.1. The molecule has 1 N–H and O–H groups in total. The van der Waals surface area contributed by atoms with Crippen molar-refractivity contribution >= 4 is 17.4 Å². The fraction of sp³-hybridized carbons (Fsp3) is 0.529. The first-order valence-corrected chi connectivity index (χ1v) is 14.9. The first kappa shape index (κ1) is 29.7. The number of hydrogen-bond acceptors (Lipinski definition) is 3. The zero-order chi connectivity index (χ0) is 27.2. The highest BCUT2D eigenvalue weighted by atomic mass is 16.3. The SMILES string of the molecule is CCCCCCCCCCCCCCCCN1C(=O)C(=O)C(=C(O)c2ccc(C)cc2)[C@@H]1c1ccccc1. The number of aliphatic hydroxyl groups excluding tert-OH is 1. The number of hydrogen-bond donors (Lipinski definition) is 1. The summed E-state index contributed by atoms with van der Waals surface area (Å²) in [4.78, 5) is 27.9. The summed E-state index contributed by atoms with van der Waals surface area (Å²) < 4.78 is 0. The van der Waals surface area contributed by atoms with E-state index in [1.807, 2.05) is 49.4 Å². The molecule has 1 aliphatic rings. The van der Waals surface area contributed by atoms with Crippen molar-refractivity contribution in [3.8, 4) is 0 Å². The molecule has 4 heteroatoms. The Kier molecular flexibility index (Phi) is 12.6. The van der Waals surface area contributed by atoms with Gasteiger partial charge in [-0.05, 0) is 18.9 Å². The number of amides is 1. The van der Waals surface area contributed by atoms with Gasteiger partial charge in [0.1, 0.15) is 5.76 Å². The van der Waals surface area contributed by atoms with E-state index in [1.165, 1.54) is 70.6 Å². The van der Waals surface area contributed by atoms with Crippen molar-refractivity contribution < 1.29 is 14.7 Å². The highest BCUT2D eigenvalue weighted by Crippen LogP contribution is 2.39. The molecule has 0 bridgehead atoms. The Labute approximate surface area is 230 Å². The lowest BCUT2D eigenvalue weighted by Gasteiger charge is -2.25. The van der Waals surface area contributed by atoms with Crippen LogP contribution in [0.25, 0.3) is 5.76 Å². The summed E-state index contributed by atoms with van der Waals surface area (Å²) in [5.74, 6) is -1.20. The Balaban J connectivity index is 1.49. The van der Waals surface area contributed by atoms with E-state index in [9.17, 15) is 14.7 Å². The molecular weight excluding hydrogens is 470 g/mol. The van der Waals surface area contributed by atoms with Gasteiger partial charge in [-0.3, -0.25) is 9.59 Å². The fourth-order valence-electron chi connectivity index (χ4n) is 5.44. The van der Waals surface area contributed by atoms with Gasteiger partial charge in [-0.1, -0.05) is 151 Å². The first-order valence-electron chi connectivity index (χ1n) is 14.9. The van der Waals surface area contributed by atoms with Crippen molar-refractivity contribution in [2.24, 2.45) is 0 Å². The van der Waals surface area contributed by atoms with Crippen molar-refractivity contribution in [2.75, 3.05) is 6.54 Å². The number of Topliss-reactive ketones (excluding diaryl/α,β-unsaturated/α-hetero) is 1. The zero-order valence-electron chi connectivity index (χ0n) is 23.6. The second kappa shape index (κ2) is 16.2. The van der Waals surface area contributed by atoms with Gasteiger partial charge in [0.2, 0.25) is 0 Å². The molecule has 38 heavy (non-hydrogen) atoms. The van der Waals surface area contributed by atoms with Crippen molar-refractivity contribution in [2.45, 2.75) is 110 Å². The van der Waals surface area contributed by atoms with Gasteiger partial charge >= 0.3 is 0 Å². The molecule has 0 aliphatic carbocycles. The lowest BCUT2D eigenvalue weighted by Crippen LogP contribution is -2.30. The number of ketones is 1. The van der Waals surface area contributed by atoms with Gasteiger partial charge in [-0.2, -0.15) is 0 Å². The van der Waals surface area contributed by atoms with Crippen LogP contribution in [0.2, 0.25) is 0 Å². The fourth-order valence-corrected chi connectivity index (χ4v) is 5.44. The molecular formula is C34H47NO3. The maximum Gasteiger partial charge on any atom is 0.295 e. The number of aryl methyl sites for hydroxylation is 1. The van der Waals surface area contributed by atoms with Gasteiger partial charge in [-0.15, -0.1) is 0 Å². The Morgan fingerprint density at radius 1 is 0.711 bits per heavy atom. The molecule has 4 nitrogen and oxygen atoms in total. The van der Waals surface area contributed by atoms with Crippen LogP contribution in [0.1, 0.15) is 120 Å². The number of likely N-dealkylation sites (tertiary alicyclic amines) is 1. The molecule has 1 atom stereocenters. The molecule has 2 aromatic carbocycles. The molecule has 1 aliphatic heterocycles. The normalized spacial score (nSPS) is 16.9. The van der Waals surface area contributed by atoms with Crippen LogP contribution >= 0.6 is 0 Å². The van der Waals surface area contributed by atoms with E-state index in [0.717, 1.165) is 30.4 Å². The number of benzene rings is 2. The molecule has 206 valence electrons. The second-order valence-corrected chi connectivity index (χ2v) is 10.9. The predicted molar refractivity (Wildman–Crippen MR) is 157 cm³/mol. The monoisotopic (exact) mass is 517 g/mol. The number of aliphatic hydroxyl groups is 1. The molecule has 0 saturated carbocycles. The predicted octanol–water partition coefficient (Wildman–Crippen LogP) is 8.90. The third-order valence-electron chi connectivity index (χ3n) is 7.73. The summed E-state index contributed by atoms with van der Waals surface area (Å²) >= 11 is 0. The minimum Gasteiger partial charge on any atom is -0.507 e. The van der Waals surface area contributed by atoms with Crippen molar-refractivity contribution in [3.63, 3.8) is 0 Å². The highest BCUT2D eigenvalue weighted by Gasteiger charge is 2.45. The Bertz CT molecular complexity index is 1030. The highest BCUT2D eigenvalue weighted by molar-refractivity contribution is 6.46. The minimum atomic E-state index is -0.595. The summed E-state index contributed by atoms with van der Waals surface area (Å²) in [5, 5.41) is 11.1. The Morgan fingerprint density at radius 2 is 1.21 bits per heavy atom. The van der Waals surface area contributed by atoms with Crippen LogP contribution in [-0.2, 0) is 9.59 Å². The van der Waals surface area contributed by atoms with Crippen LogP contribution in [0.4, 0.5) is 0 Å². The molecule has 0 radical (unpaired) electrons. The smallest absolute Gasteiger partial charge is 0.295 e. The summed E-state index contributed by atoms with van der Waals surface area (Å²) in [6.45, 7) is 4.76. The number of unbranched alkanes of at least 4 members (excludes halogenated alkanes) is 13. The van der Waals surface area contributed by atoms with Gasteiger partial charge in [-0.25, -0.2) is 0 Å². The van der Waals surface area contributed by atoms with Crippen LogP contribution < -0.4 is 0 Å². The number of carbonyl (C=O) groups excluding carboxylic acids is 2. The average molecular weight is 518 g/mol. The zero-order valence-corrected chi connectivity index (χ0v) is 23.6. The standard InChI is InChI=1S/C34H47NO3/c1-3-4-5-6-7-8-9-10-11-12-13-14-15-19-26-35-31(28-20-17-16-18-21-28)30(33(37)34(35)38)32(36)29-24-22-27(2)23-25-29/h16-18,20-25,31,36H,3-15,19,26H2,1-2H3/t31-/m0/s1. The molecule has 0 unspecified atom stereocenters. The molecule has 1 fully saturated rings. The molecule has 2 aromatic rings. The summed E-state index contributed by atoms with van der Waals surface area (Å²) in [6, 6.07) is 16.4. The van der Waals surface area contributed by atoms with Crippen molar-refractivity contribution in [3.05, 3.63) is 76.9 Å². The molecule has 3 rings (SSSR count). The third-order valence-corrected chi connectivity index (χ3v) is 7.73. The summed E-state index contributed by atoms with van der Waals surface area (Å²) in [6.07, 6.45) is 17.8. The Morgan fingerprint density at radius 3 is 1.74 bits per heavy atom. The summed E-state index contributed by atoms with van der Waals surface area (Å²) in [5.41, 5.74) is 2.67. The van der Waals surface area contributed by atoms with E-state index < -0.39 is 17.7 Å². The van der Waals surface area contributed by atoms with Gasteiger partial charge in [0, 0.05) is 12.1 Å². The van der Waals surface area contributed by atoms with E-state index in [1.54, 1.807) is 17.0 Å². The number of carbonyl (C=O) groups is 2. The minimum absolute atomic E-state index is 0.0966. The lowest BCUT2D eigenvalue weighted by atomic mass is 9.95. The largest absolute Gasteiger partial charge is 0.507 e.